The molecule has 2 aliphatic rings. The van der Waals surface area contributed by atoms with Crippen LogP contribution in [0.15, 0.2) is 47.7 Å². The van der Waals surface area contributed by atoms with Crippen LogP contribution in [0.4, 0.5) is 5.69 Å². The average Bonchev–Trinajstić information content (AvgIpc) is 3.27. The summed E-state index contributed by atoms with van der Waals surface area (Å²) < 4.78 is 0. The standard InChI is InChI=1S/C22H28N4.HI/c1-17-15-24-13-9-18(17)10-14-25-21(23-2)26-16-22(11-5-6-12-22)19-7-3-4-8-20(19)26;/h3-4,7-9,13,15H,5-6,10-12,14,16H2,1-2H3,(H,23,25);1H. The molecule has 1 aromatic heterocycles. The van der Waals surface area contributed by atoms with Gasteiger partial charge in [0.15, 0.2) is 5.96 Å². The molecule has 1 spiro atoms. The van der Waals surface area contributed by atoms with Crippen molar-refractivity contribution < 1.29 is 0 Å². The number of aryl methyl sites for hydroxylation is 1. The second-order valence-electron chi connectivity index (χ2n) is 7.62. The van der Waals surface area contributed by atoms with Crippen molar-refractivity contribution in [1.29, 1.82) is 0 Å². The van der Waals surface area contributed by atoms with Crippen LogP contribution in [-0.2, 0) is 11.8 Å². The minimum absolute atomic E-state index is 0. The molecule has 5 heteroatoms. The average molecular weight is 476 g/mol. The van der Waals surface area contributed by atoms with E-state index in [9.17, 15) is 0 Å². The summed E-state index contributed by atoms with van der Waals surface area (Å²) in [5.41, 5.74) is 5.78. The maximum atomic E-state index is 4.60. The summed E-state index contributed by atoms with van der Waals surface area (Å²) in [6.07, 6.45) is 10.1. The zero-order valence-electron chi connectivity index (χ0n) is 16.2. The lowest BCUT2D eigenvalue weighted by molar-refractivity contribution is 0.478. The molecule has 0 atom stereocenters. The van der Waals surface area contributed by atoms with Gasteiger partial charge in [-0.3, -0.25) is 9.98 Å². The van der Waals surface area contributed by atoms with Crippen molar-refractivity contribution in [1.82, 2.24) is 10.3 Å². The van der Waals surface area contributed by atoms with E-state index < -0.39 is 0 Å². The molecular formula is C22H29IN4. The number of rotatable bonds is 3. The molecule has 0 amide bonds. The number of aliphatic imine (C=N–C) groups is 1. The number of pyridine rings is 1. The summed E-state index contributed by atoms with van der Waals surface area (Å²) >= 11 is 0. The molecule has 0 unspecified atom stereocenters. The summed E-state index contributed by atoms with van der Waals surface area (Å²) in [6.45, 7) is 4.06. The number of nitrogens with one attached hydrogen (secondary N) is 1. The molecule has 27 heavy (non-hydrogen) atoms. The number of hydrogen-bond donors (Lipinski definition) is 1. The Morgan fingerprint density at radius 3 is 2.74 bits per heavy atom. The van der Waals surface area contributed by atoms with Crippen molar-refractivity contribution in [2.24, 2.45) is 4.99 Å². The van der Waals surface area contributed by atoms with Crippen molar-refractivity contribution in [3.8, 4) is 0 Å². The summed E-state index contributed by atoms with van der Waals surface area (Å²) in [5.74, 6) is 0.993. The van der Waals surface area contributed by atoms with Gasteiger partial charge in [0.05, 0.1) is 0 Å². The number of guanidine groups is 1. The Balaban J connectivity index is 0.00000210. The molecule has 0 radical (unpaired) electrons. The normalized spacial score (nSPS) is 17.7. The van der Waals surface area contributed by atoms with E-state index in [1.807, 2.05) is 19.4 Å². The fourth-order valence-corrected chi connectivity index (χ4v) is 4.69. The van der Waals surface area contributed by atoms with Gasteiger partial charge in [0.1, 0.15) is 0 Å². The number of benzene rings is 1. The second-order valence-corrected chi connectivity index (χ2v) is 7.62. The lowest BCUT2D eigenvalue weighted by atomic mass is 9.81. The summed E-state index contributed by atoms with van der Waals surface area (Å²) in [5, 5.41) is 3.59. The smallest absolute Gasteiger partial charge is 0.198 e. The highest BCUT2D eigenvalue weighted by atomic mass is 127. The zero-order chi connectivity index (χ0) is 18.0. The summed E-state index contributed by atoms with van der Waals surface area (Å²) in [7, 11) is 1.89. The van der Waals surface area contributed by atoms with E-state index in [0.29, 0.717) is 5.41 Å². The Morgan fingerprint density at radius 2 is 2.00 bits per heavy atom. The molecule has 1 fully saturated rings. The van der Waals surface area contributed by atoms with Crippen LogP contribution in [0.3, 0.4) is 0 Å². The van der Waals surface area contributed by atoms with Crippen LogP contribution < -0.4 is 10.2 Å². The topological polar surface area (TPSA) is 40.5 Å². The van der Waals surface area contributed by atoms with Gasteiger partial charge in [0.2, 0.25) is 0 Å². The molecule has 0 bridgehead atoms. The molecule has 1 aromatic carbocycles. The van der Waals surface area contributed by atoms with Crippen molar-refractivity contribution in [2.75, 3.05) is 25.0 Å². The first-order valence-corrected chi connectivity index (χ1v) is 9.71. The van der Waals surface area contributed by atoms with Crippen molar-refractivity contribution in [3.05, 3.63) is 59.4 Å². The van der Waals surface area contributed by atoms with Crippen molar-refractivity contribution >= 4 is 35.6 Å². The summed E-state index contributed by atoms with van der Waals surface area (Å²) in [6, 6.07) is 11.0. The molecule has 4 nitrogen and oxygen atoms in total. The number of anilines is 1. The molecule has 1 saturated carbocycles. The number of aromatic nitrogens is 1. The Bertz CT molecular complexity index is 811. The van der Waals surface area contributed by atoms with Crippen LogP contribution in [0.2, 0.25) is 0 Å². The number of para-hydroxylation sites is 1. The van der Waals surface area contributed by atoms with E-state index in [1.165, 1.54) is 48.1 Å². The highest BCUT2D eigenvalue weighted by Crippen LogP contribution is 2.50. The van der Waals surface area contributed by atoms with Crippen molar-refractivity contribution in [2.45, 2.75) is 44.4 Å². The van der Waals surface area contributed by atoms with Gasteiger partial charge in [-0.15, -0.1) is 24.0 Å². The van der Waals surface area contributed by atoms with Crippen LogP contribution in [0.25, 0.3) is 0 Å². The quantitative estimate of drug-likeness (QED) is 0.404. The van der Waals surface area contributed by atoms with Crippen LogP contribution in [-0.4, -0.2) is 31.1 Å². The maximum Gasteiger partial charge on any atom is 0.198 e. The molecule has 4 rings (SSSR count). The van der Waals surface area contributed by atoms with E-state index in [2.05, 4.69) is 57.4 Å². The van der Waals surface area contributed by atoms with Crippen molar-refractivity contribution in [3.63, 3.8) is 0 Å². The largest absolute Gasteiger partial charge is 0.356 e. The monoisotopic (exact) mass is 476 g/mol. The van der Waals surface area contributed by atoms with E-state index in [4.69, 9.17) is 0 Å². The first-order chi connectivity index (χ1) is 12.7. The SMILES string of the molecule is CN=C(NCCc1ccncc1C)N1CC2(CCCC2)c2ccccc21.I. The minimum atomic E-state index is 0. The third kappa shape index (κ3) is 3.84. The number of hydrogen-bond acceptors (Lipinski definition) is 2. The first kappa shape index (κ1) is 20.1. The van der Waals surface area contributed by atoms with E-state index in [1.54, 1.807) is 0 Å². The van der Waals surface area contributed by atoms with Gasteiger partial charge in [-0.1, -0.05) is 31.0 Å². The predicted octanol–water partition coefficient (Wildman–Crippen LogP) is 4.46. The molecule has 0 saturated heterocycles. The molecule has 2 heterocycles. The van der Waals surface area contributed by atoms with Crippen LogP contribution >= 0.6 is 24.0 Å². The predicted molar refractivity (Wildman–Crippen MR) is 123 cm³/mol. The number of fused-ring (bicyclic) bond motifs is 2. The van der Waals surface area contributed by atoms with Gasteiger partial charge in [-0.05, 0) is 55.0 Å². The minimum Gasteiger partial charge on any atom is -0.356 e. The fraction of sp³-hybridized carbons (Fsp3) is 0.455. The van der Waals surface area contributed by atoms with Crippen LogP contribution in [0.5, 0.6) is 0 Å². The highest BCUT2D eigenvalue weighted by Gasteiger charge is 2.45. The molecular weight excluding hydrogens is 447 g/mol. The van der Waals surface area contributed by atoms with E-state index in [0.717, 1.165) is 25.5 Å². The lowest BCUT2D eigenvalue weighted by Gasteiger charge is -2.26. The zero-order valence-corrected chi connectivity index (χ0v) is 18.6. The van der Waals surface area contributed by atoms with E-state index >= 15 is 0 Å². The van der Waals surface area contributed by atoms with Crippen LogP contribution in [0.1, 0.15) is 42.4 Å². The van der Waals surface area contributed by atoms with Gasteiger partial charge in [-0.25, -0.2) is 0 Å². The molecule has 1 aliphatic heterocycles. The molecule has 1 aliphatic carbocycles. The van der Waals surface area contributed by atoms with Gasteiger partial charge in [0.25, 0.3) is 0 Å². The Labute approximate surface area is 179 Å². The lowest BCUT2D eigenvalue weighted by Crippen LogP contribution is -2.44. The highest BCUT2D eigenvalue weighted by molar-refractivity contribution is 14.0. The molecule has 2 aromatic rings. The maximum absolute atomic E-state index is 4.60. The number of halogens is 1. The third-order valence-electron chi connectivity index (χ3n) is 6.07. The number of nitrogens with zero attached hydrogens (tertiary/aromatic N) is 3. The first-order valence-electron chi connectivity index (χ1n) is 9.71. The Hall–Kier alpha value is -1.63. The van der Waals surface area contributed by atoms with Gasteiger partial charge in [-0.2, -0.15) is 0 Å². The Morgan fingerprint density at radius 1 is 1.22 bits per heavy atom. The van der Waals surface area contributed by atoms with Gasteiger partial charge < -0.3 is 10.2 Å². The van der Waals surface area contributed by atoms with Gasteiger partial charge >= 0.3 is 0 Å². The van der Waals surface area contributed by atoms with Crippen LogP contribution in [0, 0.1) is 6.92 Å². The second kappa shape index (κ2) is 8.59. The third-order valence-corrected chi connectivity index (χ3v) is 6.07. The van der Waals surface area contributed by atoms with Gasteiger partial charge in [0, 0.05) is 43.6 Å². The summed E-state index contributed by atoms with van der Waals surface area (Å²) in [4.78, 5) is 11.2. The van der Waals surface area contributed by atoms with E-state index in [-0.39, 0.29) is 24.0 Å². The fourth-order valence-electron chi connectivity index (χ4n) is 4.69. The Kier molecular flexibility index (Phi) is 6.40. The molecule has 144 valence electrons. The molecule has 1 N–H and O–H groups in total.